The maximum absolute atomic E-state index is 12.6. The summed E-state index contributed by atoms with van der Waals surface area (Å²) in [7, 11) is 1.84. The van der Waals surface area contributed by atoms with Crippen LogP contribution < -0.4 is 5.73 Å². The van der Waals surface area contributed by atoms with Crippen molar-refractivity contribution in [2.45, 2.75) is 31.8 Å². The topological polar surface area (TPSA) is 81.3 Å². The van der Waals surface area contributed by atoms with Crippen molar-refractivity contribution in [3.63, 3.8) is 0 Å². The minimum atomic E-state index is 0.0117. The number of benzene rings is 1. The van der Waals surface area contributed by atoms with Gasteiger partial charge >= 0.3 is 0 Å². The Morgan fingerprint density at radius 3 is 2.96 bits per heavy atom. The monoisotopic (exact) mass is 340 g/mol. The van der Waals surface area contributed by atoms with Crippen molar-refractivity contribution in [2.24, 2.45) is 0 Å². The molecule has 132 valence electrons. The zero-order valence-corrected chi connectivity index (χ0v) is 14.5. The van der Waals surface area contributed by atoms with E-state index in [0.717, 1.165) is 44.4 Å². The molecule has 1 atom stereocenters. The number of carbonyl (C=O) groups excluding carboxylic acids is 1. The Kier molecular flexibility index (Phi) is 5.60. The molecule has 6 heteroatoms. The molecular weight excluding hydrogens is 316 g/mol. The molecule has 0 spiro atoms. The molecule has 2 aromatic rings. The summed E-state index contributed by atoms with van der Waals surface area (Å²) in [5, 5.41) is 0. The second-order valence-corrected chi connectivity index (χ2v) is 6.41. The molecule has 2 heterocycles. The summed E-state index contributed by atoms with van der Waals surface area (Å²) in [5.74, 6) is 0.388. The molecule has 1 fully saturated rings. The fourth-order valence-corrected chi connectivity index (χ4v) is 3.05. The first-order valence-corrected chi connectivity index (χ1v) is 8.68. The van der Waals surface area contributed by atoms with Crippen LogP contribution >= 0.6 is 0 Å². The lowest BCUT2D eigenvalue weighted by atomic mass is 10.1. The summed E-state index contributed by atoms with van der Waals surface area (Å²) < 4.78 is 5.63. The average molecular weight is 340 g/mol. The molecule has 25 heavy (non-hydrogen) atoms. The highest BCUT2D eigenvalue weighted by molar-refractivity contribution is 5.95. The number of ether oxygens (including phenoxy) is 1. The van der Waals surface area contributed by atoms with E-state index in [0.29, 0.717) is 23.2 Å². The van der Waals surface area contributed by atoms with E-state index in [1.165, 1.54) is 6.20 Å². The highest BCUT2D eigenvalue weighted by Gasteiger charge is 2.17. The van der Waals surface area contributed by atoms with E-state index >= 15 is 0 Å². The minimum absolute atomic E-state index is 0.0117. The fourth-order valence-electron chi connectivity index (χ4n) is 3.05. The van der Waals surface area contributed by atoms with Gasteiger partial charge in [0, 0.05) is 31.3 Å². The first-order chi connectivity index (χ1) is 12.1. The molecule has 1 saturated heterocycles. The van der Waals surface area contributed by atoms with Crippen molar-refractivity contribution >= 4 is 11.7 Å². The number of amides is 1. The zero-order valence-electron chi connectivity index (χ0n) is 14.5. The van der Waals surface area contributed by atoms with E-state index < -0.39 is 0 Å². The van der Waals surface area contributed by atoms with Gasteiger partial charge in [0.05, 0.1) is 24.2 Å². The van der Waals surface area contributed by atoms with Crippen LogP contribution in [0.5, 0.6) is 0 Å². The average Bonchev–Trinajstić information content (AvgIpc) is 3.15. The Balaban J connectivity index is 1.61. The SMILES string of the molecule is CN(CCC[C@H]1CCCO1)C(=O)c1cccc(-c2cnc(N)cn2)c1. The molecule has 1 aromatic carbocycles. The molecule has 6 nitrogen and oxygen atoms in total. The number of rotatable bonds is 6. The van der Waals surface area contributed by atoms with Gasteiger partial charge in [-0.15, -0.1) is 0 Å². The number of hydrogen-bond acceptors (Lipinski definition) is 5. The molecule has 0 bridgehead atoms. The summed E-state index contributed by atoms with van der Waals surface area (Å²) in [4.78, 5) is 22.7. The smallest absolute Gasteiger partial charge is 0.253 e. The Bertz CT molecular complexity index is 712. The van der Waals surface area contributed by atoms with Gasteiger partial charge in [-0.2, -0.15) is 0 Å². The number of aromatic nitrogens is 2. The first kappa shape index (κ1) is 17.4. The standard InChI is InChI=1S/C19H24N4O2/c1-23(9-3-7-16-8-4-10-25-16)19(24)15-6-2-5-14(11-15)17-12-22-18(20)13-21-17/h2,5-6,11-13,16H,3-4,7-10H2,1H3,(H2,20,22)/t16-/m0/s1. The maximum Gasteiger partial charge on any atom is 0.253 e. The van der Waals surface area contributed by atoms with Crippen molar-refractivity contribution < 1.29 is 9.53 Å². The lowest BCUT2D eigenvalue weighted by Gasteiger charge is -2.18. The number of hydrogen-bond donors (Lipinski definition) is 1. The molecule has 3 rings (SSSR count). The lowest BCUT2D eigenvalue weighted by molar-refractivity contribution is 0.0763. The predicted octanol–water partition coefficient (Wildman–Crippen LogP) is 2.76. The number of carbonyl (C=O) groups is 1. The Morgan fingerprint density at radius 2 is 2.24 bits per heavy atom. The van der Waals surface area contributed by atoms with Crippen LogP contribution in [-0.2, 0) is 4.74 Å². The van der Waals surface area contributed by atoms with Crippen LogP contribution in [0.3, 0.4) is 0 Å². The maximum atomic E-state index is 12.6. The van der Waals surface area contributed by atoms with Gasteiger partial charge in [-0.1, -0.05) is 12.1 Å². The van der Waals surface area contributed by atoms with Gasteiger partial charge < -0.3 is 15.4 Å². The fraction of sp³-hybridized carbons (Fsp3) is 0.421. The molecule has 2 N–H and O–H groups in total. The summed E-state index contributed by atoms with van der Waals surface area (Å²) >= 11 is 0. The van der Waals surface area contributed by atoms with Crippen LogP contribution in [0.2, 0.25) is 0 Å². The number of anilines is 1. The van der Waals surface area contributed by atoms with E-state index in [-0.39, 0.29) is 5.91 Å². The van der Waals surface area contributed by atoms with Crippen molar-refractivity contribution in [1.29, 1.82) is 0 Å². The normalized spacial score (nSPS) is 16.8. The quantitative estimate of drug-likeness (QED) is 0.874. The van der Waals surface area contributed by atoms with Crippen molar-refractivity contribution in [3.05, 3.63) is 42.2 Å². The van der Waals surface area contributed by atoms with E-state index in [1.807, 2.05) is 31.3 Å². The Labute approximate surface area is 148 Å². The largest absolute Gasteiger partial charge is 0.382 e. The third-order valence-corrected chi connectivity index (χ3v) is 4.47. The van der Waals surface area contributed by atoms with Gasteiger partial charge in [-0.3, -0.25) is 9.78 Å². The molecule has 0 radical (unpaired) electrons. The molecule has 0 unspecified atom stereocenters. The van der Waals surface area contributed by atoms with Crippen LogP contribution in [0, 0.1) is 0 Å². The minimum Gasteiger partial charge on any atom is -0.382 e. The highest BCUT2D eigenvalue weighted by Crippen LogP contribution is 2.20. The second kappa shape index (κ2) is 8.07. The predicted molar refractivity (Wildman–Crippen MR) is 97.0 cm³/mol. The Morgan fingerprint density at radius 1 is 1.36 bits per heavy atom. The summed E-state index contributed by atoms with van der Waals surface area (Å²) in [6.07, 6.45) is 7.76. The third-order valence-electron chi connectivity index (χ3n) is 4.47. The van der Waals surface area contributed by atoms with Gasteiger partial charge in [-0.25, -0.2) is 4.98 Å². The molecule has 1 aliphatic heterocycles. The summed E-state index contributed by atoms with van der Waals surface area (Å²) in [6, 6.07) is 7.45. The Hall–Kier alpha value is -2.47. The molecule has 1 aliphatic rings. The van der Waals surface area contributed by atoms with Gasteiger partial charge in [0.15, 0.2) is 0 Å². The van der Waals surface area contributed by atoms with Crippen molar-refractivity contribution in [2.75, 3.05) is 25.9 Å². The second-order valence-electron chi connectivity index (χ2n) is 6.41. The van der Waals surface area contributed by atoms with Crippen LogP contribution in [0.15, 0.2) is 36.7 Å². The van der Waals surface area contributed by atoms with Gasteiger partial charge in [0.25, 0.3) is 5.91 Å². The number of nitrogens with zero attached hydrogens (tertiary/aromatic N) is 3. The van der Waals surface area contributed by atoms with E-state index in [9.17, 15) is 4.79 Å². The van der Waals surface area contributed by atoms with Crippen LogP contribution in [0.25, 0.3) is 11.3 Å². The molecule has 0 saturated carbocycles. The van der Waals surface area contributed by atoms with E-state index in [4.69, 9.17) is 10.5 Å². The molecular formula is C19H24N4O2. The van der Waals surface area contributed by atoms with Crippen molar-refractivity contribution in [3.8, 4) is 11.3 Å². The van der Waals surface area contributed by atoms with Crippen LogP contribution in [0.1, 0.15) is 36.0 Å². The summed E-state index contributed by atoms with van der Waals surface area (Å²) in [6.45, 7) is 1.60. The first-order valence-electron chi connectivity index (χ1n) is 8.68. The van der Waals surface area contributed by atoms with E-state index in [2.05, 4.69) is 9.97 Å². The zero-order chi connectivity index (χ0) is 17.6. The van der Waals surface area contributed by atoms with Crippen LogP contribution in [0.4, 0.5) is 5.82 Å². The lowest BCUT2D eigenvalue weighted by Crippen LogP contribution is -2.28. The third kappa shape index (κ3) is 4.54. The molecule has 0 aliphatic carbocycles. The van der Waals surface area contributed by atoms with Crippen LogP contribution in [-0.4, -0.2) is 47.1 Å². The number of nitrogen functional groups attached to an aromatic ring is 1. The molecule has 1 amide bonds. The molecule has 1 aromatic heterocycles. The van der Waals surface area contributed by atoms with Gasteiger partial charge in [0.1, 0.15) is 5.82 Å². The van der Waals surface area contributed by atoms with Gasteiger partial charge in [0.2, 0.25) is 0 Å². The van der Waals surface area contributed by atoms with Gasteiger partial charge in [-0.05, 0) is 37.8 Å². The highest BCUT2D eigenvalue weighted by atomic mass is 16.5. The van der Waals surface area contributed by atoms with Crippen molar-refractivity contribution in [1.82, 2.24) is 14.9 Å². The number of nitrogens with two attached hydrogens (primary N) is 1. The van der Waals surface area contributed by atoms with E-state index in [1.54, 1.807) is 11.1 Å². The summed E-state index contributed by atoms with van der Waals surface area (Å²) in [5.41, 5.74) is 7.77.